The van der Waals surface area contributed by atoms with E-state index in [-0.39, 0.29) is 18.0 Å². The quantitative estimate of drug-likeness (QED) is 0.857. The molecule has 2 heterocycles. The molecule has 0 unspecified atom stereocenters. The molecule has 24 heavy (non-hydrogen) atoms. The van der Waals surface area contributed by atoms with Crippen LogP contribution in [-0.4, -0.2) is 54.4 Å². The number of carbonyl (C=O) groups is 1. The van der Waals surface area contributed by atoms with E-state index < -0.39 is 6.10 Å². The van der Waals surface area contributed by atoms with Gasteiger partial charge in [-0.05, 0) is 31.4 Å². The molecule has 0 aliphatic heterocycles. The van der Waals surface area contributed by atoms with Crippen molar-refractivity contribution < 1.29 is 9.90 Å². The van der Waals surface area contributed by atoms with Gasteiger partial charge < -0.3 is 14.6 Å². The molecule has 2 aromatic rings. The fourth-order valence-electron chi connectivity index (χ4n) is 3.33. The number of hydrogen-bond acceptors (Lipinski definition) is 4. The molecule has 128 valence electrons. The van der Waals surface area contributed by atoms with E-state index in [2.05, 4.69) is 10.1 Å². The van der Waals surface area contributed by atoms with Crippen LogP contribution in [-0.2, 0) is 11.8 Å². The van der Waals surface area contributed by atoms with E-state index in [1.165, 1.54) is 6.08 Å². The van der Waals surface area contributed by atoms with Gasteiger partial charge in [0, 0.05) is 38.8 Å². The van der Waals surface area contributed by atoms with Crippen LogP contribution in [0.2, 0.25) is 0 Å². The van der Waals surface area contributed by atoms with Crippen molar-refractivity contribution in [2.45, 2.75) is 37.5 Å². The monoisotopic (exact) mass is 329 g/mol. The number of hydrogen-bond donors (Lipinski definition) is 1. The van der Waals surface area contributed by atoms with Gasteiger partial charge >= 0.3 is 0 Å². The average Bonchev–Trinajstić information content (AvgIpc) is 3.24. The third kappa shape index (κ3) is 3.26. The Kier molecular flexibility index (Phi) is 4.80. The zero-order valence-corrected chi connectivity index (χ0v) is 14.0. The van der Waals surface area contributed by atoms with Crippen LogP contribution in [0.25, 0.3) is 6.08 Å². The normalized spacial score (nSPS) is 24.4. The molecule has 3 rings (SSSR count). The summed E-state index contributed by atoms with van der Waals surface area (Å²) in [6.07, 6.45) is 12.3. The fraction of sp³-hybridized carbons (Fsp3) is 0.471. The maximum atomic E-state index is 12.5. The standard InChI is InChI=1S/C17H23N5O2/c1-20(16(23)7-6-13-8-9-19-21(13)2)14-4-3-5-15(17(14)24)22-11-10-18-12-22/h6-12,14-15,17,24H,3-5H2,1-2H3/b7-6+/t14-,15-,17-/m1/s1. The molecule has 1 fully saturated rings. The zero-order valence-electron chi connectivity index (χ0n) is 14.0. The number of nitrogens with zero attached hydrogens (tertiary/aromatic N) is 5. The van der Waals surface area contributed by atoms with Crippen molar-refractivity contribution in [2.75, 3.05) is 7.05 Å². The van der Waals surface area contributed by atoms with Crippen LogP contribution in [0.5, 0.6) is 0 Å². The first-order valence-corrected chi connectivity index (χ1v) is 8.16. The lowest BCUT2D eigenvalue weighted by atomic mass is 9.87. The van der Waals surface area contributed by atoms with E-state index in [1.807, 2.05) is 23.9 Å². The summed E-state index contributed by atoms with van der Waals surface area (Å²) in [5, 5.41) is 14.8. The minimum atomic E-state index is -0.605. The lowest BCUT2D eigenvalue weighted by molar-refractivity contribution is -0.131. The minimum absolute atomic E-state index is 0.0393. The summed E-state index contributed by atoms with van der Waals surface area (Å²) in [6, 6.07) is 1.60. The van der Waals surface area contributed by atoms with E-state index in [9.17, 15) is 9.90 Å². The zero-order chi connectivity index (χ0) is 17.1. The third-order valence-electron chi connectivity index (χ3n) is 4.80. The van der Waals surface area contributed by atoms with Crippen LogP contribution < -0.4 is 0 Å². The van der Waals surface area contributed by atoms with Crippen molar-refractivity contribution in [2.24, 2.45) is 7.05 Å². The summed E-state index contributed by atoms with van der Waals surface area (Å²) in [4.78, 5) is 18.2. The molecule has 7 heteroatoms. The molecule has 7 nitrogen and oxygen atoms in total. The molecular formula is C17H23N5O2. The first-order chi connectivity index (χ1) is 11.6. The van der Waals surface area contributed by atoms with Gasteiger partial charge in [-0.15, -0.1) is 0 Å². The molecule has 1 saturated carbocycles. The predicted octanol–water partition coefficient (Wildman–Crippen LogP) is 1.24. The van der Waals surface area contributed by atoms with Gasteiger partial charge in [-0.1, -0.05) is 0 Å². The van der Waals surface area contributed by atoms with E-state index in [0.29, 0.717) is 0 Å². The lowest BCUT2D eigenvalue weighted by Crippen LogP contribution is -2.49. The van der Waals surface area contributed by atoms with Gasteiger partial charge in [0.25, 0.3) is 0 Å². The highest BCUT2D eigenvalue weighted by molar-refractivity contribution is 5.91. The first-order valence-electron chi connectivity index (χ1n) is 8.16. The van der Waals surface area contributed by atoms with Gasteiger partial charge in [0.15, 0.2) is 0 Å². The highest BCUT2D eigenvalue weighted by Crippen LogP contribution is 2.31. The van der Waals surface area contributed by atoms with Gasteiger partial charge in [0.2, 0.25) is 5.91 Å². The number of likely N-dealkylation sites (N-methyl/N-ethyl adjacent to an activating group) is 1. The predicted molar refractivity (Wildman–Crippen MR) is 89.9 cm³/mol. The van der Waals surface area contributed by atoms with Crippen LogP contribution in [0, 0.1) is 0 Å². The molecule has 1 amide bonds. The number of carbonyl (C=O) groups excluding carboxylic acids is 1. The lowest BCUT2D eigenvalue weighted by Gasteiger charge is -2.39. The van der Waals surface area contributed by atoms with E-state index >= 15 is 0 Å². The topological polar surface area (TPSA) is 76.2 Å². The van der Waals surface area contributed by atoms with Crippen LogP contribution in [0.1, 0.15) is 31.0 Å². The largest absolute Gasteiger partial charge is 0.389 e. The van der Waals surface area contributed by atoms with Crippen LogP contribution in [0.4, 0.5) is 0 Å². The van der Waals surface area contributed by atoms with Crippen LogP contribution in [0.15, 0.2) is 37.1 Å². The van der Waals surface area contributed by atoms with Crippen molar-refractivity contribution in [3.63, 3.8) is 0 Å². The van der Waals surface area contributed by atoms with E-state index in [0.717, 1.165) is 25.0 Å². The first kappa shape index (κ1) is 16.4. The van der Waals surface area contributed by atoms with Crippen molar-refractivity contribution in [3.05, 3.63) is 42.8 Å². The van der Waals surface area contributed by atoms with Gasteiger partial charge in [0.1, 0.15) is 0 Å². The molecule has 1 aliphatic carbocycles. The molecule has 3 atom stereocenters. The number of aliphatic hydroxyl groups excluding tert-OH is 1. The Balaban J connectivity index is 1.69. The summed E-state index contributed by atoms with van der Waals surface area (Å²) in [7, 11) is 3.58. The molecule has 1 aliphatic rings. The van der Waals surface area contributed by atoms with Gasteiger partial charge in [-0.25, -0.2) is 4.98 Å². The molecular weight excluding hydrogens is 306 g/mol. The number of aromatic nitrogens is 4. The van der Waals surface area contributed by atoms with Crippen LogP contribution in [0.3, 0.4) is 0 Å². The molecule has 0 spiro atoms. The number of rotatable bonds is 4. The van der Waals surface area contributed by atoms with Crippen molar-refractivity contribution in [1.29, 1.82) is 0 Å². The van der Waals surface area contributed by atoms with Gasteiger partial charge in [-0.3, -0.25) is 9.48 Å². The Morgan fingerprint density at radius 2 is 2.25 bits per heavy atom. The van der Waals surface area contributed by atoms with Gasteiger partial charge in [-0.2, -0.15) is 5.10 Å². The molecule has 2 aromatic heterocycles. The summed E-state index contributed by atoms with van der Waals surface area (Å²) in [6.45, 7) is 0. The third-order valence-corrected chi connectivity index (χ3v) is 4.80. The Hall–Kier alpha value is -2.41. The molecule has 0 radical (unpaired) electrons. The smallest absolute Gasteiger partial charge is 0.246 e. The highest BCUT2D eigenvalue weighted by Gasteiger charge is 2.36. The number of aliphatic hydroxyl groups is 1. The number of imidazole rings is 1. The summed E-state index contributed by atoms with van der Waals surface area (Å²) in [5.41, 5.74) is 0.859. The van der Waals surface area contributed by atoms with Crippen molar-refractivity contribution >= 4 is 12.0 Å². The molecule has 0 bridgehead atoms. The summed E-state index contributed by atoms with van der Waals surface area (Å²) >= 11 is 0. The van der Waals surface area contributed by atoms with Gasteiger partial charge in [0.05, 0.1) is 30.2 Å². The maximum Gasteiger partial charge on any atom is 0.246 e. The SMILES string of the molecule is CN(C(=O)/C=C/c1ccnn1C)[C@@H]1CCC[C@@H](n2ccnc2)[C@@H]1O. The molecule has 1 N–H and O–H groups in total. The Bertz CT molecular complexity index is 706. The molecule has 0 aromatic carbocycles. The maximum absolute atomic E-state index is 12.5. The van der Waals surface area contributed by atoms with E-state index in [1.54, 1.807) is 41.4 Å². The summed E-state index contributed by atoms with van der Waals surface area (Å²) in [5.74, 6) is -0.119. The summed E-state index contributed by atoms with van der Waals surface area (Å²) < 4.78 is 3.63. The van der Waals surface area contributed by atoms with Crippen molar-refractivity contribution in [1.82, 2.24) is 24.2 Å². The van der Waals surface area contributed by atoms with E-state index in [4.69, 9.17) is 0 Å². The minimum Gasteiger partial charge on any atom is -0.389 e. The second-order valence-corrected chi connectivity index (χ2v) is 6.23. The van der Waals surface area contributed by atoms with Crippen molar-refractivity contribution in [3.8, 4) is 0 Å². The second kappa shape index (κ2) is 7.00. The molecule has 0 saturated heterocycles. The average molecular weight is 329 g/mol. The Morgan fingerprint density at radius 1 is 1.42 bits per heavy atom. The highest BCUT2D eigenvalue weighted by atomic mass is 16.3. The number of amides is 1. The Morgan fingerprint density at radius 3 is 2.92 bits per heavy atom. The Labute approximate surface area is 141 Å². The van der Waals surface area contributed by atoms with Crippen LogP contribution >= 0.6 is 0 Å². The second-order valence-electron chi connectivity index (χ2n) is 6.23. The number of aryl methyl sites for hydroxylation is 1. The fourth-order valence-corrected chi connectivity index (χ4v) is 3.33.